The third-order valence-corrected chi connectivity index (χ3v) is 4.09. The SMILES string of the molecule is COc1ccc(NC(=O)Cn2c(N3CCOCC3)nc(C)cc2=O)cc1. The standard InChI is InChI=1S/C18H22N4O4/c1-13-11-17(24)22(18(19-13)21-7-9-26-10-8-21)12-16(23)20-14-3-5-15(25-2)6-4-14/h3-6,11H,7-10,12H2,1-2H3,(H,20,23). The quantitative estimate of drug-likeness (QED) is 0.859. The molecule has 0 saturated carbocycles. The van der Waals surface area contributed by atoms with Gasteiger partial charge in [0.15, 0.2) is 0 Å². The lowest BCUT2D eigenvalue weighted by Crippen LogP contribution is -2.41. The minimum atomic E-state index is -0.294. The van der Waals surface area contributed by atoms with Gasteiger partial charge in [0.1, 0.15) is 12.3 Å². The highest BCUT2D eigenvalue weighted by Crippen LogP contribution is 2.16. The van der Waals surface area contributed by atoms with Crippen LogP contribution in [-0.2, 0) is 16.1 Å². The van der Waals surface area contributed by atoms with E-state index in [4.69, 9.17) is 9.47 Å². The van der Waals surface area contributed by atoms with E-state index in [2.05, 4.69) is 10.3 Å². The summed E-state index contributed by atoms with van der Waals surface area (Å²) in [5, 5.41) is 2.79. The Morgan fingerprint density at radius 1 is 1.27 bits per heavy atom. The van der Waals surface area contributed by atoms with Gasteiger partial charge in [0.25, 0.3) is 5.56 Å². The van der Waals surface area contributed by atoms with Crippen molar-refractivity contribution in [2.45, 2.75) is 13.5 Å². The average molecular weight is 358 g/mol. The molecule has 26 heavy (non-hydrogen) atoms. The minimum absolute atomic E-state index is 0.106. The van der Waals surface area contributed by atoms with Crippen molar-refractivity contribution in [2.24, 2.45) is 0 Å². The van der Waals surface area contributed by atoms with Crippen LogP contribution in [0.4, 0.5) is 11.6 Å². The number of nitrogens with one attached hydrogen (secondary N) is 1. The topological polar surface area (TPSA) is 85.7 Å². The fourth-order valence-corrected chi connectivity index (χ4v) is 2.78. The molecule has 3 rings (SSSR count). The van der Waals surface area contributed by atoms with Crippen LogP contribution >= 0.6 is 0 Å². The van der Waals surface area contributed by atoms with Gasteiger partial charge in [0.05, 0.1) is 20.3 Å². The number of carbonyl (C=O) groups excluding carboxylic acids is 1. The van der Waals surface area contributed by atoms with Gasteiger partial charge in [-0.3, -0.25) is 14.2 Å². The van der Waals surface area contributed by atoms with Gasteiger partial charge in [-0.1, -0.05) is 0 Å². The second-order valence-corrected chi connectivity index (χ2v) is 6.00. The van der Waals surface area contributed by atoms with Crippen LogP contribution in [0.3, 0.4) is 0 Å². The summed E-state index contributed by atoms with van der Waals surface area (Å²) < 4.78 is 11.9. The van der Waals surface area contributed by atoms with Crippen LogP contribution < -0.4 is 20.5 Å². The first-order valence-electron chi connectivity index (χ1n) is 8.42. The second-order valence-electron chi connectivity index (χ2n) is 6.00. The van der Waals surface area contributed by atoms with E-state index in [1.54, 1.807) is 38.3 Å². The smallest absolute Gasteiger partial charge is 0.255 e. The van der Waals surface area contributed by atoms with E-state index in [0.29, 0.717) is 49.4 Å². The molecule has 1 aromatic carbocycles. The van der Waals surface area contributed by atoms with E-state index in [-0.39, 0.29) is 18.0 Å². The maximum Gasteiger partial charge on any atom is 0.255 e. The number of aromatic nitrogens is 2. The fraction of sp³-hybridized carbons (Fsp3) is 0.389. The number of morpholine rings is 1. The number of nitrogens with zero attached hydrogens (tertiary/aromatic N) is 3. The van der Waals surface area contributed by atoms with E-state index in [1.165, 1.54) is 10.6 Å². The molecule has 0 radical (unpaired) electrons. The van der Waals surface area contributed by atoms with E-state index in [0.717, 1.165) is 0 Å². The number of methoxy groups -OCH3 is 1. The molecule has 8 heteroatoms. The van der Waals surface area contributed by atoms with Crippen molar-refractivity contribution in [3.63, 3.8) is 0 Å². The molecular formula is C18H22N4O4. The molecular weight excluding hydrogens is 336 g/mol. The maximum atomic E-state index is 12.4. The molecule has 1 aromatic heterocycles. The summed E-state index contributed by atoms with van der Waals surface area (Å²) in [6.07, 6.45) is 0. The molecule has 2 aromatic rings. The summed E-state index contributed by atoms with van der Waals surface area (Å²) >= 11 is 0. The molecule has 1 saturated heterocycles. The predicted octanol–water partition coefficient (Wildman–Crippen LogP) is 1.04. The molecule has 8 nitrogen and oxygen atoms in total. The third-order valence-electron chi connectivity index (χ3n) is 4.09. The predicted molar refractivity (Wildman–Crippen MR) is 97.9 cm³/mol. The first-order chi connectivity index (χ1) is 12.6. The van der Waals surface area contributed by atoms with E-state index < -0.39 is 0 Å². The fourth-order valence-electron chi connectivity index (χ4n) is 2.78. The molecule has 0 unspecified atom stereocenters. The van der Waals surface area contributed by atoms with Crippen LogP contribution in [0.2, 0.25) is 0 Å². The van der Waals surface area contributed by atoms with Crippen molar-refractivity contribution in [1.82, 2.24) is 9.55 Å². The molecule has 1 N–H and O–H groups in total. The van der Waals surface area contributed by atoms with Crippen molar-refractivity contribution in [3.05, 3.63) is 46.4 Å². The number of rotatable bonds is 5. The molecule has 0 spiro atoms. The summed E-state index contributed by atoms with van der Waals surface area (Å²) in [4.78, 5) is 31.3. The van der Waals surface area contributed by atoms with Crippen molar-refractivity contribution < 1.29 is 14.3 Å². The monoisotopic (exact) mass is 358 g/mol. The maximum absolute atomic E-state index is 12.4. The van der Waals surface area contributed by atoms with Gasteiger partial charge in [-0.2, -0.15) is 0 Å². The Balaban J connectivity index is 1.79. The number of ether oxygens (including phenoxy) is 2. The van der Waals surface area contributed by atoms with Crippen LogP contribution in [0.1, 0.15) is 5.69 Å². The van der Waals surface area contributed by atoms with Crippen molar-refractivity contribution >= 4 is 17.5 Å². The highest BCUT2D eigenvalue weighted by Gasteiger charge is 2.19. The lowest BCUT2D eigenvalue weighted by molar-refractivity contribution is -0.116. The molecule has 138 valence electrons. The summed E-state index contributed by atoms with van der Waals surface area (Å²) in [6, 6.07) is 8.44. The zero-order valence-corrected chi connectivity index (χ0v) is 14.9. The Morgan fingerprint density at radius 2 is 1.96 bits per heavy atom. The molecule has 0 aliphatic carbocycles. The molecule has 1 aliphatic rings. The zero-order chi connectivity index (χ0) is 18.5. The Bertz CT molecular complexity index is 826. The molecule has 0 atom stereocenters. The van der Waals surface area contributed by atoms with Gasteiger partial charge >= 0.3 is 0 Å². The highest BCUT2D eigenvalue weighted by atomic mass is 16.5. The van der Waals surface area contributed by atoms with E-state index >= 15 is 0 Å². The van der Waals surface area contributed by atoms with Gasteiger partial charge < -0.3 is 19.7 Å². The Kier molecular flexibility index (Phi) is 5.52. The highest BCUT2D eigenvalue weighted by molar-refractivity contribution is 5.90. The molecule has 1 amide bonds. The average Bonchev–Trinajstić information content (AvgIpc) is 2.65. The van der Waals surface area contributed by atoms with Crippen LogP contribution in [0.25, 0.3) is 0 Å². The van der Waals surface area contributed by atoms with Crippen LogP contribution in [-0.4, -0.2) is 48.9 Å². The first kappa shape index (κ1) is 17.9. The van der Waals surface area contributed by atoms with E-state index in [1.807, 2.05) is 4.90 Å². The van der Waals surface area contributed by atoms with Gasteiger partial charge in [0.2, 0.25) is 11.9 Å². The minimum Gasteiger partial charge on any atom is -0.497 e. The first-order valence-corrected chi connectivity index (χ1v) is 8.42. The van der Waals surface area contributed by atoms with Crippen LogP contribution in [0, 0.1) is 6.92 Å². The summed E-state index contributed by atoms with van der Waals surface area (Å²) in [5.74, 6) is 0.914. The van der Waals surface area contributed by atoms with Gasteiger partial charge in [-0.05, 0) is 31.2 Å². The van der Waals surface area contributed by atoms with Crippen molar-refractivity contribution in [2.75, 3.05) is 43.6 Å². The molecule has 0 bridgehead atoms. The molecule has 1 fully saturated rings. The van der Waals surface area contributed by atoms with Crippen molar-refractivity contribution in [3.8, 4) is 5.75 Å². The number of hydrogen-bond donors (Lipinski definition) is 1. The number of carbonyl (C=O) groups is 1. The Hall–Kier alpha value is -2.87. The molecule has 2 heterocycles. The summed E-state index contributed by atoms with van der Waals surface area (Å²) in [7, 11) is 1.58. The largest absolute Gasteiger partial charge is 0.497 e. The summed E-state index contributed by atoms with van der Waals surface area (Å²) in [6.45, 7) is 4.08. The van der Waals surface area contributed by atoms with E-state index in [9.17, 15) is 9.59 Å². The number of aryl methyl sites for hydroxylation is 1. The van der Waals surface area contributed by atoms with Gasteiger partial charge in [0, 0.05) is 30.5 Å². The van der Waals surface area contributed by atoms with Crippen LogP contribution in [0.5, 0.6) is 5.75 Å². The molecule has 1 aliphatic heterocycles. The lowest BCUT2D eigenvalue weighted by atomic mass is 10.3. The van der Waals surface area contributed by atoms with Crippen molar-refractivity contribution in [1.29, 1.82) is 0 Å². The normalized spacial score (nSPS) is 14.2. The van der Waals surface area contributed by atoms with Crippen LogP contribution in [0.15, 0.2) is 35.1 Å². The third kappa shape index (κ3) is 4.20. The Morgan fingerprint density at radius 3 is 2.62 bits per heavy atom. The number of amides is 1. The summed E-state index contributed by atoms with van der Waals surface area (Å²) in [5.41, 5.74) is 1.02. The zero-order valence-electron chi connectivity index (χ0n) is 14.9. The lowest BCUT2D eigenvalue weighted by Gasteiger charge is -2.29. The Labute approximate surface area is 151 Å². The number of hydrogen-bond acceptors (Lipinski definition) is 6. The van der Waals surface area contributed by atoms with Gasteiger partial charge in [-0.25, -0.2) is 4.98 Å². The number of benzene rings is 1. The number of anilines is 2. The second kappa shape index (κ2) is 8.01. The van der Waals surface area contributed by atoms with Gasteiger partial charge in [-0.15, -0.1) is 0 Å².